The highest BCUT2D eigenvalue weighted by Crippen LogP contribution is 2.14. The molecule has 17 heavy (non-hydrogen) atoms. The minimum Gasteiger partial charge on any atom is -0.331 e. The van der Waals surface area contributed by atoms with Crippen molar-refractivity contribution in [2.75, 3.05) is 20.1 Å². The van der Waals surface area contributed by atoms with Gasteiger partial charge in [0.25, 0.3) is 0 Å². The zero-order valence-corrected chi connectivity index (χ0v) is 11.2. The minimum atomic E-state index is 0.489. The molecule has 1 N–H and O–H groups in total. The van der Waals surface area contributed by atoms with E-state index in [1.807, 2.05) is 12.5 Å². The molecule has 2 rings (SSSR count). The summed E-state index contributed by atoms with van der Waals surface area (Å²) in [6.45, 7) is 7.63. The quantitative estimate of drug-likeness (QED) is 0.844. The van der Waals surface area contributed by atoms with Crippen LogP contribution in [-0.2, 0) is 6.54 Å². The highest BCUT2D eigenvalue weighted by atomic mass is 15.2. The van der Waals surface area contributed by atoms with Gasteiger partial charge in [-0.3, -0.25) is 0 Å². The fourth-order valence-electron chi connectivity index (χ4n) is 2.54. The van der Waals surface area contributed by atoms with Crippen LogP contribution in [0.5, 0.6) is 0 Å². The molecule has 4 heteroatoms. The molecule has 96 valence electrons. The van der Waals surface area contributed by atoms with Crippen LogP contribution in [0.1, 0.15) is 38.4 Å². The van der Waals surface area contributed by atoms with Crippen molar-refractivity contribution in [1.82, 2.24) is 19.8 Å². The van der Waals surface area contributed by atoms with E-state index in [1.165, 1.54) is 25.1 Å². The van der Waals surface area contributed by atoms with E-state index in [1.54, 1.807) is 0 Å². The molecular weight excluding hydrogens is 212 g/mol. The van der Waals surface area contributed by atoms with Gasteiger partial charge in [0, 0.05) is 31.4 Å². The summed E-state index contributed by atoms with van der Waals surface area (Å²) < 4.78 is 2.23. The Bertz CT molecular complexity index is 345. The van der Waals surface area contributed by atoms with Crippen LogP contribution in [0.25, 0.3) is 0 Å². The van der Waals surface area contributed by atoms with E-state index in [0.717, 1.165) is 13.1 Å². The average Bonchev–Trinajstić information content (AvgIpc) is 2.88. The molecule has 0 amide bonds. The maximum Gasteiger partial charge on any atom is 0.0951 e. The lowest BCUT2D eigenvalue weighted by molar-refractivity contribution is 0.299. The third-order valence-electron chi connectivity index (χ3n) is 3.66. The van der Waals surface area contributed by atoms with Crippen LogP contribution in [-0.4, -0.2) is 40.6 Å². The first-order chi connectivity index (χ1) is 8.18. The lowest BCUT2D eigenvalue weighted by atomic mass is 10.2. The Kier molecular flexibility index (Phi) is 4.18. The Morgan fingerprint density at radius 3 is 3.00 bits per heavy atom. The number of hydrogen-bond acceptors (Lipinski definition) is 3. The highest BCUT2D eigenvalue weighted by molar-refractivity contribution is 4.99. The van der Waals surface area contributed by atoms with Gasteiger partial charge >= 0.3 is 0 Å². The fourth-order valence-corrected chi connectivity index (χ4v) is 2.54. The van der Waals surface area contributed by atoms with Gasteiger partial charge in [0.05, 0.1) is 12.0 Å². The van der Waals surface area contributed by atoms with E-state index < -0.39 is 0 Å². The number of aromatic nitrogens is 2. The van der Waals surface area contributed by atoms with Crippen LogP contribution >= 0.6 is 0 Å². The molecule has 1 atom stereocenters. The molecule has 0 saturated carbocycles. The predicted molar refractivity (Wildman–Crippen MR) is 70.0 cm³/mol. The van der Waals surface area contributed by atoms with Crippen LogP contribution in [0.3, 0.4) is 0 Å². The Balaban J connectivity index is 1.79. The van der Waals surface area contributed by atoms with Crippen molar-refractivity contribution >= 4 is 0 Å². The molecule has 0 spiro atoms. The summed E-state index contributed by atoms with van der Waals surface area (Å²) in [5.74, 6) is 0. The van der Waals surface area contributed by atoms with Crippen LogP contribution in [0.2, 0.25) is 0 Å². The Morgan fingerprint density at radius 1 is 1.53 bits per heavy atom. The summed E-state index contributed by atoms with van der Waals surface area (Å²) in [7, 11) is 2.22. The van der Waals surface area contributed by atoms with E-state index in [9.17, 15) is 0 Å². The van der Waals surface area contributed by atoms with Gasteiger partial charge < -0.3 is 14.8 Å². The molecule has 0 radical (unpaired) electrons. The van der Waals surface area contributed by atoms with Crippen molar-refractivity contribution in [3.8, 4) is 0 Å². The van der Waals surface area contributed by atoms with Gasteiger partial charge in [-0.2, -0.15) is 0 Å². The van der Waals surface area contributed by atoms with Crippen molar-refractivity contribution in [2.24, 2.45) is 0 Å². The van der Waals surface area contributed by atoms with Crippen molar-refractivity contribution in [1.29, 1.82) is 0 Å². The summed E-state index contributed by atoms with van der Waals surface area (Å²) >= 11 is 0. The van der Waals surface area contributed by atoms with Gasteiger partial charge in [-0.05, 0) is 40.3 Å². The third-order valence-corrected chi connectivity index (χ3v) is 3.66. The Labute approximate surface area is 104 Å². The molecule has 1 aliphatic heterocycles. The molecule has 1 fully saturated rings. The molecule has 4 nitrogen and oxygen atoms in total. The van der Waals surface area contributed by atoms with Crippen LogP contribution in [0, 0.1) is 0 Å². The average molecular weight is 236 g/mol. The summed E-state index contributed by atoms with van der Waals surface area (Å²) in [4.78, 5) is 6.67. The molecule has 2 heterocycles. The summed E-state index contributed by atoms with van der Waals surface area (Å²) in [5.41, 5.74) is 1.28. The molecule has 1 saturated heterocycles. The second-order valence-corrected chi connectivity index (χ2v) is 5.29. The van der Waals surface area contributed by atoms with Gasteiger partial charge in [0.2, 0.25) is 0 Å². The molecule has 1 unspecified atom stereocenters. The fraction of sp³-hybridized carbons (Fsp3) is 0.769. The zero-order valence-electron chi connectivity index (χ0n) is 11.2. The van der Waals surface area contributed by atoms with Crippen molar-refractivity contribution in [2.45, 2.75) is 45.3 Å². The van der Waals surface area contributed by atoms with E-state index in [2.05, 4.69) is 40.7 Å². The van der Waals surface area contributed by atoms with Gasteiger partial charge in [-0.25, -0.2) is 4.98 Å². The van der Waals surface area contributed by atoms with E-state index in [4.69, 9.17) is 0 Å². The van der Waals surface area contributed by atoms with Crippen molar-refractivity contribution < 1.29 is 0 Å². The van der Waals surface area contributed by atoms with Gasteiger partial charge in [0.15, 0.2) is 0 Å². The first kappa shape index (κ1) is 12.6. The largest absolute Gasteiger partial charge is 0.331 e. The number of nitrogens with zero attached hydrogens (tertiary/aromatic N) is 3. The van der Waals surface area contributed by atoms with E-state index >= 15 is 0 Å². The molecule has 1 aromatic rings. The van der Waals surface area contributed by atoms with Gasteiger partial charge in [0.1, 0.15) is 0 Å². The first-order valence-electron chi connectivity index (χ1n) is 6.60. The molecule has 0 aliphatic carbocycles. The molecule has 1 aromatic heterocycles. The maximum atomic E-state index is 4.22. The van der Waals surface area contributed by atoms with E-state index in [0.29, 0.717) is 12.1 Å². The van der Waals surface area contributed by atoms with Gasteiger partial charge in [-0.15, -0.1) is 0 Å². The van der Waals surface area contributed by atoms with E-state index in [-0.39, 0.29) is 0 Å². The Morgan fingerprint density at radius 2 is 2.35 bits per heavy atom. The third kappa shape index (κ3) is 3.07. The standard InChI is InChI=1S/C13H24N4/c1-11(2)17-10-15-9-13(17)8-14-7-12-5-4-6-16(12)3/h9-12,14H,4-8H2,1-3H3. The van der Waals surface area contributed by atoms with Crippen molar-refractivity contribution in [3.63, 3.8) is 0 Å². The lowest BCUT2D eigenvalue weighted by Gasteiger charge is -2.20. The Hall–Kier alpha value is -0.870. The lowest BCUT2D eigenvalue weighted by Crippen LogP contribution is -2.35. The second-order valence-electron chi connectivity index (χ2n) is 5.29. The first-order valence-corrected chi connectivity index (χ1v) is 6.60. The number of likely N-dealkylation sites (N-methyl/N-ethyl adjacent to an activating group) is 1. The monoisotopic (exact) mass is 236 g/mol. The molecule has 0 aromatic carbocycles. The SMILES string of the molecule is CC(C)n1cncc1CNCC1CCCN1C. The smallest absolute Gasteiger partial charge is 0.0951 e. The predicted octanol–water partition coefficient (Wildman–Crippen LogP) is 1.65. The summed E-state index contributed by atoms with van der Waals surface area (Å²) in [6, 6.07) is 1.20. The van der Waals surface area contributed by atoms with Crippen LogP contribution < -0.4 is 5.32 Å². The zero-order chi connectivity index (χ0) is 12.3. The number of nitrogens with one attached hydrogen (secondary N) is 1. The van der Waals surface area contributed by atoms with Crippen LogP contribution in [0.15, 0.2) is 12.5 Å². The number of rotatable bonds is 5. The summed E-state index contributed by atoms with van der Waals surface area (Å²) in [5, 5.41) is 3.55. The molecule has 0 bridgehead atoms. The van der Waals surface area contributed by atoms with Crippen LogP contribution in [0.4, 0.5) is 0 Å². The second kappa shape index (κ2) is 5.65. The number of imidazole rings is 1. The topological polar surface area (TPSA) is 33.1 Å². The normalized spacial score (nSPS) is 21.5. The summed E-state index contributed by atoms with van der Waals surface area (Å²) in [6.07, 6.45) is 6.55. The molecule has 1 aliphatic rings. The highest BCUT2D eigenvalue weighted by Gasteiger charge is 2.20. The number of hydrogen-bond donors (Lipinski definition) is 1. The maximum absolute atomic E-state index is 4.22. The van der Waals surface area contributed by atoms with Crippen molar-refractivity contribution in [3.05, 3.63) is 18.2 Å². The molecular formula is C13H24N4. The minimum absolute atomic E-state index is 0.489. The number of likely N-dealkylation sites (tertiary alicyclic amines) is 1. The van der Waals surface area contributed by atoms with Gasteiger partial charge in [-0.1, -0.05) is 0 Å².